The molecule has 1 amide bonds. The van der Waals surface area contributed by atoms with E-state index < -0.39 is 26.7 Å². The van der Waals surface area contributed by atoms with Gasteiger partial charge >= 0.3 is 0 Å². The molecule has 1 aromatic heterocycles. The first-order valence-electron chi connectivity index (χ1n) is 7.96. The first-order valence-corrected chi connectivity index (χ1v) is 10.3. The van der Waals surface area contributed by atoms with Crippen LogP contribution in [-0.2, 0) is 10.0 Å². The number of hydrazine groups is 1. The number of amides is 1. The predicted molar refractivity (Wildman–Crippen MR) is 103 cm³/mol. The van der Waals surface area contributed by atoms with Crippen molar-refractivity contribution in [1.82, 2.24) is 15.2 Å². The molecule has 0 aliphatic carbocycles. The van der Waals surface area contributed by atoms with Crippen LogP contribution in [0.25, 0.3) is 10.6 Å². The van der Waals surface area contributed by atoms with Gasteiger partial charge in [-0.1, -0.05) is 6.07 Å². The molecule has 0 bridgehead atoms. The molecule has 150 valence electrons. The first-order chi connectivity index (χ1) is 13.7. The highest BCUT2D eigenvalue weighted by molar-refractivity contribution is 7.89. The Morgan fingerprint density at radius 2 is 1.90 bits per heavy atom. The Morgan fingerprint density at radius 1 is 1.21 bits per heavy atom. The van der Waals surface area contributed by atoms with Gasteiger partial charge in [0, 0.05) is 22.6 Å². The summed E-state index contributed by atoms with van der Waals surface area (Å²) >= 11 is 1.13. The van der Waals surface area contributed by atoms with Crippen LogP contribution in [0.4, 0.5) is 10.1 Å². The van der Waals surface area contributed by atoms with E-state index in [1.807, 2.05) is 10.3 Å². The number of carbonyl (C=O) groups is 1. The number of nitrogens with zero attached hydrogens (tertiary/aromatic N) is 2. The molecule has 9 nitrogen and oxygen atoms in total. The van der Waals surface area contributed by atoms with Gasteiger partial charge in [0.05, 0.1) is 9.82 Å². The smallest absolute Gasteiger partial charge is 0.272 e. The third kappa shape index (κ3) is 4.62. The van der Waals surface area contributed by atoms with Crippen LogP contribution in [0.1, 0.15) is 16.1 Å². The fourth-order valence-corrected chi connectivity index (χ4v) is 3.96. The van der Waals surface area contributed by atoms with E-state index in [0.29, 0.717) is 16.1 Å². The molecule has 1 heterocycles. The zero-order valence-corrected chi connectivity index (χ0v) is 16.4. The maximum Gasteiger partial charge on any atom is 0.285 e. The highest BCUT2D eigenvalue weighted by Crippen LogP contribution is 2.24. The molecule has 3 rings (SSSR count). The third-order valence-electron chi connectivity index (χ3n) is 3.81. The Morgan fingerprint density at radius 3 is 2.55 bits per heavy atom. The molecule has 29 heavy (non-hydrogen) atoms. The number of benzene rings is 2. The normalized spacial score (nSPS) is 11.2. The molecule has 12 heteroatoms. The monoisotopic (exact) mass is 436 g/mol. The lowest BCUT2D eigenvalue weighted by molar-refractivity contribution is -0.385. The predicted octanol–water partition coefficient (Wildman–Crippen LogP) is 2.79. The Labute approximate surface area is 168 Å². The van der Waals surface area contributed by atoms with Gasteiger partial charge in [0.2, 0.25) is 0 Å². The lowest BCUT2D eigenvalue weighted by atomic mass is 10.2. The highest BCUT2D eigenvalue weighted by atomic mass is 32.2. The maximum atomic E-state index is 13.0. The lowest BCUT2D eigenvalue weighted by Gasteiger charge is -2.08. The van der Waals surface area contributed by atoms with Gasteiger partial charge in [0.1, 0.15) is 16.5 Å². The molecule has 0 aliphatic rings. The van der Waals surface area contributed by atoms with Crippen molar-refractivity contribution in [3.63, 3.8) is 0 Å². The number of hydrogen-bond donors (Lipinski definition) is 2. The van der Waals surface area contributed by atoms with Crippen LogP contribution >= 0.6 is 11.3 Å². The Balaban J connectivity index is 1.73. The number of thiazole rings is 1. The van der Waals surface area contributed by atoms with Gasteiger partial charge < -0.3 is 0 Å². The standard InChI is InChI=1S/C17H13FN4O5S2/c1-10-2-7-13(8-15(10)22(24)25)29(26,27)21-20-16(23)14-9-28-17(19-14)11-3-5-12(18)6-4-11/h2-9,21H,1H3,(H,20,23). The molecule has 0 fully saturated rings. The number of aryl methyl sites for hydroxylation is 1. The number of nitro benzene ring substituents is 1. The van der Waals surface area contributed by atoms with Gasteiger partial charge in [-0.3, -0.25) is 20.3 Å². The van der Waals surface area contributed by atoms with Gasteiger partial charge in [-0.2, -0.15) is 0 Å². The van der Waals surface area contributed by atoms with E-state index in [2.05, 4.69) is 4.98 Å². The first kappa shape index (κ1) is 20.5. The number of hydrogen-bond acceptors (Lipinski definition) is 7. The second-order valence-electron chi connectivity index (χ2n) is 5.81. The van der Waals surface area contributed by atoms with Crippen molar-refractivity contribution in [3.05, 3.63) is 75.0 Å². The molecular weight excluding hydrogens is 423 g/mol. The quantitative estimate of drug-likeness (QED) is 0.451. The second kappa shape index (κ2) is 8.03. The van der Waals surface area contributed by atoms with E-state index in [9.17, 15) is 27.7 Å². The summed E-state index contributed by atoms with van der Waals surface area (Å²) in [4.78, 5) is 28.1. The summed E-state index contributed by atoms with van der Waals surface area (Å²) in [6, 6.07) is 8.90. The minimum Gasteiger partial charge on any atom is -0.272 e. The van der Waals surface area contributed by atoms with Crippen molar-refractivity contribution in [1.29, 1.82) is 0 Å². The Kier molecular flexibility index (Phi) is 5.68. The molecular formula is C17H13FN4O5S2. The van der Waals surface area contributed by atoms with E-state index in [-0.39, 0.29) is 16.3 Å². The summed E-state index contributed by atoms with van der Waals surface area (Å²) < 4.78 is 37.6. The fraction of sp³-hybridized carbons (Fsp3) is 0.0588. The van der Waals surface area contributed by atoms with E-state index in [1.54, 1.807) is 0 Å². The van der Waals surface area contributed by atoms with Gasteiger partial charge in [0.25, 0.3) is 21.6 Å². The van der Waals surface area contributed by atoms with Crippen LogP contribution in [-0.4, -0.2) is 24.2 Å². The van der Waals surface area contributed by atoms with Crippen molar-refractivity contribution in [3.8, 4) is 10.6 Å². The third-order valence-corrected chi connectivity index (χ3v) is 5.95. The van der Waals surface area contributed by atoms with Crippen molar-refractivity contribution >= 4 is 33.0 Å². The summed E-state index contributed by atoms with van der Waals surface area (Å²) in [6.45, 7) is 1.48. The fourth-order valence-electron chi connectivity index (χ4n) is 2.29. The van der Waals surface area contributed by atoms with Crippen molar-refractivity contribution < 1.29 is 22.5 Å². The SMILES string of the molecule is Cc1ccc(S(=O)(=O)NNC(=O)c2csc(-c3ccc(F)cc3)n2)cc1[N+](=O)[O-]. The number of carbonyl (C=O) groups excluding carboxylic acids is 1. The van der Waals surface area contributed by atoms with Gasteiger partial charge in [-0.05, 0) is 37.3 Å². The number of halogens is 1. The molecule has 2 N–H and O–H groups in total. The molecule has 0 saturated heterocycles. The Hall–Kier alpha value is -3.22. The van der Waals surface area contributed by atoms with Crippen LogP contribution < -0.4 is 10.3 Å². The van der Waals surface area contributed by atoms with Gasteiger partial charge in [-0.15, -0.1) is 16.2 Å². The summed E-state index contributed by atoms with van der Waals surface area (Å²) in [5, 5.41) is 12.8. The van der Waals surface area contributed by atoms with E-state index in [1.165, 1.54) is 48.7 Å². The lowest BCUT2D eigenvalue weighted by Crippen LogP contribution is -2.41. The minimum absolute atomic E-state index is 0.0492. The summed E-state index contributed by atoms with van der Waals surface area (Å²) in [5.74, 6) is -1.23. The molecule has 3 aromatic rings. The van der Waals surface area contributed by atoms with E-state index in [4.69, 9.17) is 0 Å². The van der Waals surface area contributed by atoms with Gasteiger partial charge in [-0.25, -0.2) is 17.8 Å². The largest absolute Gasteiger partial charge is 0.285 e. The van der Waals surface area contributed by atoms with Gasteiger partial charge in [0.15, 0.2) is 0 Å². The highest BCUT2D eigenvalue weighted by Gasteiger charge is 2.21. The number of nitro groups is 1. The van der Waals surface area contributed by atoms with Crippen molar-refractivity contribution in [2.45, 2.75) is 11.8 Å². The zero-order chi connectivity index (χ0) is 21.2. The maximum absolute atomic E-state index is 13.0. The molecule has 0 aliphatic heterocycles. The summed E-state index contributed by atoms with van der Waals surface area (Å²) in [5.41, 5.74) is 2.50. The molecule has 0 spiro atoms. The topological polar surface area (TPSA) is 131 Å². The summed E-state index contributed by atoms with van der Waals surface area (Å²) in [7, 11) is -4.24. The zero-order valence-electron chi connectivity index (χ0n) is 14.7. The minimum atomic E-state index is -4.24. The van der Waals surface area contributed by atoms with Crippen LogP contribution in [0.3, 0.4) is 0 Å². The van der Waals surface area contributed by atoms with Crippen LogP contribution in [0.5, 0.6) is 0 Å². The van der Waals surface area contributed by atoms with Crippen LogP contribution in [0.15, 0.2) is 52.7 Å². The molecule has 0 atom stereocenters. The van der Waals surface area contributed by atoms with Crippen LogP contribution in [0, 0.1) is 22.9 Å². The Bertz CT molecular complexity index is 1190. The number of aromatic nitrogens is 1. The number of rotatable bonds is 6. The molecule has 0 radical (unpaired) electrons. The van der Waals surface area contributed by atoms with Crippen LogP contribution in [0.2, 0.25) is 0 Å². The van der Waals surface area contributed by atoms with E-state index in [0.717, 1.165) is 17.4 Å². The van der Waals surface area contributed by atoms with Crippen molar-refractivity contribution in [2.24, 2.45) is 0 Å². The van der Waals surface area contributed by atoms with Crippen molar-refractivity contribution in [2.75, 3.05) is 0 Å². The molecule has 0 unspecified atom stereocenters. The average Bonchev–Trinajstić information content (AvgIpc) is 3.17. The molecule has 0 saturated carbocycles. The van der Waals surface area contributed by atoms with E-state index >= 15 is 0 Å². The molecule has 2 aromatic carbocycles. The summed E-state index contributed by atoms with van der Waals surface area (Å²) in [6.07, 6.45) is 0. The second-order valence-corrected chi connectivity index (χ2v) is 8.35. The number of nitrogens with one attached hydrogen (secondary N) is 2. The average molecular weight is 436 g/mol. The number of sulfonamides is 1.